The zero-order valence-corrected chi connectivity index (χ0v) is 16.0. The second-order valence-corrected chi connectivity index (χ2v) is 6.24. The topological polar surface area (TPSA) is 108 Å². The number of dihydropyridines is 1. The molecular weight excluding hydrogens is 376 g/mol. The molecule has 1 aliphatic rings. The van der Waals surface area contributed by atoms with E-state index in [2.05, 4.69) is 5.32 Å². The molecule has 144 valence electrons. The third-order valence-corrected chi connectivity index (χ3v) is 4.39. The van der Waals surface area contributed by atoms with Gasteiger partial charge in [-0.15, -0.1) is 0 Å². The Kier molecular flexibility index (Phi) is 6.22. The molecule has 1 heterocycles. The molecule has 9 heteroatoms. The van der Waals surface area contributed by atoms with Crippen molar-refractivity contribution < 1.29 is 24.0 Å². The van der Waals surface area contributed by atoms with Gasteiger partial charge < -0.3 is 14.8 Å². The van der Waals surface area contributed by atoms with Crippen molar-refractivity contribution in [3.05, 3.63) is 61.4 Å². The van der Waals surface area contributed by atoms with Crippen LogP contribution in [0.25, 0.3) is 0 Å². The number of rotatable bonds is 5. The van der Waals surface area contributed by atoms with Crippen LogP contribution >= 0.6 is 11.6 Å². The van der Waals surface area contributed by atoms with E-state index in [0.29, 0.717) is 11.4 Å². The molecule has 0 radical (unpaired) electrons. The van der Waals surface area contributed by atoms with Gasteiger partial charge in [0.25, 0.3) is 5.69 Å². The van der Waals surface area contributed by atoms with Gasteiger partial charge in [0.1, 0.15) is 0 Å². The van der Waals surface area contributed by atoms with Crippen LogP contribution in [0.2, 0.25) is 5.02 Å². The molecule has 0 fully saturated rings. The highest BCUT2D eigenvalue weighted by molar-refractivity contribution is 6.30. The fraction of sp³-hybridized carbons (Fsp3) is 0.333. The van der Waals surface area contributed by atoms with Crippen LogP contribution in [0.3, 0.4) is 0 Å². The van der Waals surface area contributed by atoms with Crippen LogP contribution in [0, 0.1) is 10.1 Å². The summed E-state index contributed by atoms with van der Waals surface area (Å²) in [7, 11) is 1.20. The molecule has 8 nitrogen and oxygen atoms in total. The van der Waals surface area contributed by atoms with E-state index < -0.39 is 22.8 Å². The van der Waals surface area contributed by atoms with E-state index >= 15 is 0 Å². The number of hydrogen-bond acceptors (Lipinski definition) is 7. The van der Waals surface area contributed by atoms with Crippen LogP contribution in [0.15, 0.2) is 40.7 Å². The Morgan fingerprint density at radius 3 is 2.33 bits per heavy atom. The first-order valence-electron chi connectivity index (χ1n) is 8.10. The highest BCUT2D eigenvalue weighted by Gasteiger charge is 2.40. The number of methoxy groups -OCH3 is 1. The zero-order valence-electron chi connectivity index (χ0n) is 15.3. The number of nitrogens with zero attached hydrogens (tertiary/aromatic N) is 1. The molecular formula is C18H19ClN2O6. The number of nitrogens with one attached hydrogen (secondary N) is 1. The van der Waals surface area contributed by atoms with Crippen molar-refractivity contribution in [2.75, 3.05) is 13.7 Å². The van der Waals surface area contributed by atoms with Crippen LogP contribution in [0.4, 0.5) is 5.69 Å². The third-order valence-electron chi connectivity index (χ3n) is 4.16. The molecule has 0 aromatic heterocycles. The summed E-state index contributed by atoms with van der Waals surface area (Å²) in [6.07, 6.45) is 0. The standard InChI is InChI=1S/C18H19ClN2O6/c1-5-27-18(23)15-10(3)20-9(2)14(17(22)26-4)16(15)12-8-11(19)6-7-13(12)21(24)25/h6-8,16,20H,5H2,1-4H3. The number of nitro benzene ring substituents is 1. The molecule has 0 saturated heterocycles. The normalized spacial score (nSPS) is 16.7. The second kappa shape index (κ2) is 8.22. The number of carbonyl (C=O) groups is 2. The summed E-state index contributed by atoms with van der Waals surface area (Å²) in [5, 5.41) is 14.8. The molecule has 1 atom stereocenters. The Morgan fingerprint density at radius 2 is 1.81 bits per heavy atom. The molecule has 2 rings (SSSR count). The number of benzene rings is 1. The van der Waals surface area contributed by atoms with Gasteiger partial charge >= 0.3 is 11.9 Å². The predicted molar refractivity (Wildman–Crippen MR) is 98.0 cm³/mol. The van der Waals surface area contributed by atoms with Gasteiger partial charge in [-0.05, 0) is 32.9 Å². The number of esters is 2. The van der Waals surface area contributed by atoms with Gasteiger partial charge in [-0.3, -0.25) is 10.1 Å². The van der Waals surface area contributed by atoms with E-state index in [-0.39, 0.29) is 34.0 Å². The third kappa shape index (κ3) is 3.95. The minimum atomic E-state index is -1.06. The van der Waals surface area contributed by atoms with Crippen LogP contribution < -0.4 is 5.32 Å². The molecule has 1 N–H and O–H groups in total. The van der Waals surface area contributed by atoms with Crippen LogP contribution in [-0.4, -0.2) is 30.6 Å². The maximum atomic E-state index is 12.6. The smallest absolute Gasteiger partial charge is 0.336 e. The van der Waals surface area contributed by atoms with E-state index in [1.165, 1.54) is 25.3 Å². The van der Waals surface area contributed by atoms with Crippen molar-refractivity contribution in [3.63, 3.8) is 0 Å². The van der Waals surface area contributed by atoms with E-state index in [0.717, 1.165) is 0 Å². The minimum absolute atomic E-state index is 0.0801. The van der Waals surface area contributed by atoms with Crippen LogP contribution in [-0.2, 0) is 19.1 Å². The lowest BCUT2D eigenvalue weighted by Gasteiger charge is -2.30. The molecule has 1 aromatic carbocycles. The van der Waals surface area contributed by atoms with E-state index in [1.54, 1.807) is 20.8 Å². The van der Waals surface area contributed by atoms with Gasteiger partial charge in [-0.1, -0.05) is 11.6 Å². The van der Waals surface area contributed by atoms with Crippen molar-refractivity contribution in [3.8, 4) is 0 Å². The molecule has 0 amide bonds. The SMILES string of the molecule is CCOC(=O)C1=C(C)NC(C)=C(C(=O)OC)C1c1cc(Cl)ccc1[N+](=O)[O-]. The van der Waals surface area contributed by atoms with E-state index in [1.807, 2.05) is 0 Å². The largest absolute Gasteiger partial charge is 0.466 e. The predicted octanol–water partition coefficient (Wildman–Crippen LogP) is 3.22. The number of carbonyl (C=O) groups excluding carboxylic acids is 2. The number of ether oxygens (including phenoxy) is 2. The molecule has 27 heavy (non-hydrogen) atoms. The van der Waals surface area contributed by atoms with Crippen molar-refractivity contribution in [1.29, 1.82) is 0 Å². The average Bonchev–Trinajstić information content (AvgIpc) is 2.60. The Labute approximate surface area is 160 Å². The first kappa shape index (κ1) is 20.4. The van der Waals surface area contributed by atoms with Gasteiger partial charge in [0.05, 0.1) is 35.7 Å². The van der Waals surface area contributed by atoms with Gasteiger partial charge in [-0.2, -0.15) is 0 Å². The van der Waals surface area contributed by atoms with Gasteiger partial charge in [0.2, 0.25) is 0 Å². The maximum Gasteiger partial charge on any atom is 0.336 e. The summed E-state index contributed by atoms with van der Waals surface area (Å²) in [6.45, 7) is 5.01. The van der Waals surface area contributed by atoms with Crippen molar-refractivity contribution >= 4 is 29.2 Å². The molecule has 0 aliphatic carbocycles. The molecule has 1 aliphatic heterocycles. The van der Waals surface area contributed by atoms with E-state index in [9.17, 15) is 19.7 Å². The lowest BCUT2D eigenvalue weighted by atomic mass is 9.79. The Morgan fingerprint density at radius 1 is 1.22 bits per heavy atom. The lowest BCUT2D eigenvalue weighted by Crippen LogP contribution is -2.32. The number of allylic oxidation sites excluding steroid dienone is 2. The molecule has 1 unspecified atom stereocenters. The Balaban J connectivity index is 2.83. The first-order chi connectivity index (χ1) is 12.7. The van der Waals surface area contributed by atoms with Crippen molar-refractivity contribution in [2.45, 2.75) is 26.7 Å². The van der Waals surface area contributed by atoms with Gasteiger partial charge in [-0.25, -0.2) is 9.59 Å². The Bertz CT molecular complexity index is 875. The molecule has 0 bridgehead atoms. The van der Waals surface area contributed by atoms with Crippen molar-refractivity contribution in [1.82, 2.24) is 5.32 Å². The van der Waals surface area contributed by atoms with E-state index in [4.69, 9.17) is 21.1 Å². The monoisotopic (exact) mass is 394 g/mol. The lowest BCUT2D eigenvalue weighted by molar-refractivity contribution is -0.385. The minimum Gasteiger partial charge on any atom is -0.466 e. The number of nitro groups is 1. The first-order valence-corrected chi connectivity index (χ1v) is 8.48. The summed E-state index contributed by atoms with van der Waals surface area (Å²) in [6, 6.07) is 3.99. The fourth-order valence-electron chi connectivity index (χ4n) is 3.09. The fourth-order valence-corrected chi connectivity index (χ4v) is 3.27. The van der Waals surface area contributed by atoms with Gasteiger partial charge in [0.15, 0.2) is 0 Å². The summed E-state index contributed by atoms with van der Waals surface area (Å²) in [5.74, 6) is -2.46. The van der Waals surface area contributed by atoms with Crippen molar-refractivity contribution in [2.24, 2.45) is 0 Å². The molecule has 1 aromatic rings. The highest BCUT2D eigenvalue weighted by Crippen LogP contribution is 2.43. The number of halogens is 1. The number of hydrogen-bond donors (Lipinski definition) is 1. The summed E-state index contributed by atoms with van der Waals surface area (Å²) < 4.78 is 9.97. The average molecular weight is 395 g/mol. The molecule has 0 saturated carbocycles. The summed E-state index contributed by atoms with van der Waals surface area (Å²) in [4.78, 5) is 36.1. The second-order valence-electron chi connectivity index (χ2n) is 5.81. The maximum absolute atomic E-state index is 12.6. The Hall–Kier alpha value is -2.87. The zero-order chi connectivity index (χ0) is 20.3. The summed E-state index contributed by atoms with van der Waals surface area (Å²) >= 11 is 6.06. The van der Waals surface area contributed by atoms with Crippen LogP contribution in [0.1, 0.15) is 32.3 Å². The molecule has 0 spiro atoms. The quantitative estimate of drug-likeness (QED) is 0.464. The van der Waals surface area contributed by atoms with Gasteiger partial charge in [0, 0.05) is 28.0 Å². The van der Waals surface area contributed by atoms with Crippen LogP contribution in [0.5, 0.6) is 0 Å². The highest BCUT2D eigenvalue weighted by atomic mass is 35.5. The summed E-state index contributed by atoms with van der Waals surface area (Å²) in [5.41, 5.74) is 0.862.